The zero-order chi connectivity index (χ0) is 56.3. The second-order valence-corrected chi connectivity index (χ2v) is 38.8. The molecule has 0 radical (unpaired) electrons. The first-order valence-electron chi connectivity index (χ1n) is 25.0. The molecule has 10 aromatic rings. The number of ether oxygens (including phenoxy) is 2. The first-order chi connectivity index (χ1) is 39.2. The Morgan fingerprint density at radius 1 is 0.263 bits per heavy atom. The van der Waals surface area contributed by atoms with E-state index in [9.17, 15) is 0 Å². The van der Waals surface area contributed by atoms with Crippen molar-refractivity contribution in [3.8, 4) is 11.5 Å². The summed E-state index contributed by atoms with van der Waals surface area (Å²) < 4.78 is 17.1. The van der Waals surface area contributed by atoms with Gasteiger partial charge in [-0.05, 0) is 54.6 Å². The molecule has 0 aliphatic heterocycles. The van der Waals surface area contributed by atoms with E-state index < -0.39 is 55.1 Å². The monoisotopic (exact) mass is 1320 g/mol. The Morgan fingerprint density at radius 2 is 0.412 bits per heavy atom. The van der Waals surface area contributed by atoms with Crippen LogP contribution in [0.4, 0.5) is 0 Å². The van der Waals surface area contributed by atoms with Crippen LogP contribution in [0.1, 0.15) is 11.1 Å². The van der Waals surface area contributed by atoms with Crippen LogP contribution in [-0.4, -0.2) is 23.1 Å². The minimum absolute atomic E-state index is 0.773. The Kier molecular flexibility index (Phi) is 28.2. The van der Waals surface area contributed by atoms with Gasteiger partial charge >= 0.3 is 83.1 Å². The molecular formula is C64H58Cl6Cr2N2O2P4. The number of halogens is 6. The maximum atomic E-state index is 5.82. The summed E-state index contributed by atoms with van der Waals surface area (Å²) >= 11 is -3.25. The fourth-order valence-corrected chi connectivity index (χ4v) is 20.7. The van der Waals surface area contributed by atoms with Crippen LogP contribution in [0, 0.1) is 0 Å². The van der Waals surface area contributed by atoms with Gasteiger partial charge in [-0.2, -0.15) is 0 Å². The van der Waals surface area contributed by atoms with Gasteiger partial charge in [0.05, 0.1) is 14.2 Å². The van der Waals surface area contributed by atoms with Crippen molar-refractivity contribution in [2.24, 2.45) is 0 Å². The topological polar surface area (TPSA) is 24.9 Å². The average molecular weight is 1330 g/mol. The van der Waals surface area contributed by atoms with Gasteiger partial charge in [0.15, 0.2) is 0 Å². The number of para-hydroxylation sites is 2. The van der Waals surface area contributed by atoms with E-state index in [1.807, 2.05) is 12.1 Å². The van der Waals surface area contributed by atoms with Crippen molar-refractivity contribution in [2.75, 3.05) is 14.2 Å². The van der Waals surface area contributed by atoms with Gasteiger partial charge in [-0.3, -0.25) is 0 Å². The van der Waals surface area contributed by atoms with Gasteiger partial charge in [0.25, 0.3) is 0 Å². The molecule has 4 nitrogen and oxygen atoms in total. The van der Waals surface area contributed by atoms with Crippen LogP contribution < -0.4 is 51.9 Å². The molecule has 10 rings (SSSR count). The van der Waals surface area contributed by atoms with Crippen LogP contribution in [0.15, 0.2) is 291 Å². The fourth-order valence-electron chi connectivity index (χ4n) is 8.65. The van der Waals surface area contributed by atoms with E-state index in [1.54, 1.807) is 14.2 Å². The van der Waals surface area contributed by atoms with Crippen molar-refractivity contribution in [1.29, 1.82) is 0 Å². The van der Waals surface area contributed by atoms with E-state index in [4.69, 9.17) is 69.8 Å². The number of nitrogens with zero attached hydrogens (tertiary/aromatic N) is 2. The first-order valence-corrected chi connectivity index (χ1v) is 40.7. The summed E-state index contributed by atoms with van der Waals surface area (Å²) in [5.41, 5.74) is 2.39. The predicted octanol–water partition coefficient (Wildman–Crippen LogP) is 17.3. The van der Waals surface area contributed by atoms with Crippen LogP contribution >= 0.6 is 92.6 Å². The Balaban J connectivity index is 0.000000204. The average Bonchev–Trinajstić information content (AvgIpc) is 3.52. The third-order valence-corrected chi connectivity index (χ3v) is 22.8. The normalized spacial score (nSPS) is 11.0. The Hall–Kier alpha value is -3.76. The van der Waals surface area contributed by atoms with E-state index in [2.05, 4.69) is 288 Å². The van der Waals surface area contributed by atoms with E-state index >= 15 is 0 Å². The van der Waals surface area contributed by atoms with Crippen molar-refractivity contribution >= 4 is 135 Å². The number of methoxy groups -OCH3 is 2. The van der Waals surface area contributed by atoms with Crippen LogP contribution in [-0.2, 0) is 35.9 Å². The van der Waals surface area contributed by atoms with E-state index in [1.165, 1.54) is 53.6 Å². The van der Waals surface area contributed by atoms with Gasteiger partial charge in [0.2, 0.25) is 0 Å². The van der Waals surface area contributed by atoms with Gasteiger partial charge in [-0.15, -0.1) is 0 Å². The number of hydrogen-bond donors (Lipinski definition) is 0. The van der Waals surface area contributed by atoms with Gasteiger partial charge in [-0.1, -0.05) is 279 Å². The molecule has 0 aliphatic carbocycles. The summed E-state index contributed by atoms with van der Waals surface area (Å²) in [7, 11) is 29.8. The third kappa shape index (κ3) is 19.7. The molecular weight excluding hydrogens is 1270 g/mol. The molecule has 16 heteroatoms. The number of benzene rings is 10. The van der Waals surface area contributed by atoms with E-state index in [0.717, 1.165) is 24.6 Å². The standard InChI is InChI=1S/2C32H29NOP2.6ClH.2Cr/c2*1-34-32-25-15-14-16-27(32)26-33(35(28-17-6-2-7-18-28)29-19-8-3-9-20-29)36(30-21-10-4-11-22-30)31-23-12-5-13-24-31;;;;;;;;/h2*2-25H,26H2,1H3;6*1H;;/q;;;;;;;;2*+3/p-6. The van der Waals surface area contributed by atoms with Gasteiger partial charge in [-0.25, -0.2) is 8.88 Å². The van der Waals surface area contributed by atoms with Crippen LogP contribution in [0.25, 0.3) is 0 Å². The molecule has 0 amide bonds. The summed E-state index contributed by atoms with van der Waals surface area (Å²) in [4.78, 5) is 0. The van der Waals surface area contributed by atoms with Gasteiger partial charge in [0.1, 0.15) is 11.5 Å². The maximum absolute atomic E-state index is 5.82. The molecule has 0 saturated heterocycles. The second kappa shape index (κ2) is 35.4. The minimum atomic E-state index is -1.62. The molecule has 10 aromatic carbocycles. The van der Waals surface area contributed by atoms with Gasteiger partial charge in [0, 0.05) is 56.5 Å². The molecule has 0 N–H and O–H groups in total. The van der Waals surface area contributed by atoms with E-state index in [-0.39, 0.29) is 0 Å². The molecule has 0 saturated carbocycles. The molecule has 80 heavy (non-hydrogen) atoms. The second-order valence-electron chi connectivity index (χ2n) is 17.0. The molecule has 0 heterocycles. The first kappa shape index (κ1) is 63.8. The summed E-state index contributed by atoms with van der Waals surface area (Å²) in [6, 6.07) is 105. The molecule has 0 aliphatic rings. The summed E-state index contributed by atoms with van der Waals surface area (Å²) in [5.74, 6) is 1.85. The third-order valence-electron chi connectivity index (χ3n) is 11.9. The van der Waals surface area contributed by atoms with Crippen LogP contribution in [0.2, 0.25) is 0 Å². The molecule has 0 bridgehead atoms. The SMILES string of the molecule is COc1ccccc1CN(P(c1ccccc1)c1ccccc1)P(c1ccccc1)c1ccccc1.COc1ccccc1CN(P(c1ccccc1)c1ccccc1)P(c1ccccc1)c1ccccc1.[Cl][Cr]([Cl])[Cl].[Cl][Cr]([Cl])[Cl]. The Labute approximate surface area is 512 Å². The molecule has 0 fully saturated rings. The van der Waals surface area contributed by atoms with Crippen LogP contribution in [0.5, 0.6) is 11.5 Å². The van der Waals surface area contributed by atoms with Crippen molar-refractivity contribution in [1.82, 2.24) is 8.88 Å². The molecule has 0 aromatic heterocycles. The Bertz CT molecular complexity index is 2730. The van der Waals surface area contributed by atoms with Crippen molar-refractivity contribution in [2.45, 2.75) is 13.1 Å². The quantitative estimate of drug-likeness (QED) is 0.0800. The summed E-state index contributed by atoms with van der Waals surface area (Å²) in [6.45, 7) is 1.55. The number of hydrogen-bond acceptors (Lipinski definition) is 4. The number of rotatable bonds is 18. The van der Waals surface area contributed by atoms with E-state index in [0.29, 0.717) is 0 Å². The van der Waals surface area contributed by atoms with Crippen molar-refractivity contribution in [3.63, 3.8) is 0 Å². The molecule has 0 atom stereocenters. The zero-order valence-corrected chi connectivity index (χ0v) is 54.4. The Morgan fingerprint density at radius 3 is 0.575 bits per heavy atom. The summed E-state index contributed by atoms with van der Waals surface area (Å²) in [5, 5.41) is 10.7. The van der Waals surface area contributed by atoms with Gasteiger partial charge < -0.3 is 9.47 Å². The fraction of sp³-hybridized carbons (Fsp3) is 0.0625. The zero-order valence-electron chi connectivity index (χ0n) is 43.7. The van der Waals surface area contributed by atoms with Crippen molar-refractivity contribution in [3.05, 3.63) is 302 Å². The van der Waals surface area contributed by atoms with Crippen molar-refractivity contribution < 1.29 is 32.2 Å². The summed E-state index contributed by atoms with van der Waals surface area (Å²) in [6.07, 6.45) is 0. The molecule has 0 spiro atoms. The molecule has 0 unspecified atom stereocenters. The predicted molar refractivity (Wildman–Crippen MR) is 348 cm³/mol. The van der Waals surface area contributed by atoms with Crippen LogP contribution in [0.3, 0.4) is 0 Å². The molecule has 410 valence electrons.